The summed E-state index contributed by atoms with van der Waals surface area (Å²) < 4.78 is 5.42. The van der Waals surface area contributed by atoms with Crippen molar-refractivity contribution in [3.63, 3.8) is 0 Å². The summed E-state index contributed by atoms with van der Waals surface area (Å²) in [5.41, 5.74) is 1.70. The maximum atomic E-state index is 11.9. The Labute approximate surface area is 96.9 Å². The third-order valence-corrected chi connectivity index (χ3v) is 2.27. The molecule has 0 bridgehead atoms. The molecule has 0 aromatic heterocycles. The van der Waals surface area contributed by atoms with Gasteiger partial charge in [0.2, 0.25) is 0 Å². The highest BCUT2D eigenvalue weighted by molar-refractivity contribution is 5.98. The highest BCUT2D eigenvalue weighted by Crippen LogP contribution is 2.20. The molecule has 0 aliphatic heterocycles. The summed E-state index contributed by atoms with van der Waals surface area (Å²) in [7, 11) is 0. The third-order valence-electron chi connectivity index (χ3n) is 2.27. The Morgan fingerprint density at radius 3 is 2.62 bits per heavy atom. The van der Waals surface area contributed by atoms with Crippen LogP contribution in [0.2, 0.25) is 0 Å². The molecular formula is C14H18O2. The van der Waals surface area contributed by atoms with E-state index in [4.69, 9.17) is 4.74 Å². The van der Waals surface area contributed by atoms with E-state index in [-0.39, 0.29) is 5.78 Å². The first-order valence-corrected chi connectivity index (χ1v) is 5.54. The van der Waals surface area contributed by atoms with E-state index >= 15 is 0 Å². The molecule has 0 fully saturated rings. The number of rotatable bonds is 6. The van der Waals surface area contributed by atoms with Gasteiger partial charge < -0.3 is 4.74 Å². The first-order valence-electron chi connectivity index (χ1n) is 5.54. The Hall–Kier alpha value is -1.57. The highest BCUT2D eigenvalue weighted by Gasteiger charge is 2.11. The van der Waals surface area contributed by atoms with Crippen molar-refractivity contribution >= 4 is 5.78 Å². The van der Waals surface area contributed by atoms with Crippen LogP contribution < -0.4 is 4.74 Å². The molecule has 0 atom stereocenters. The van der Waals surface area contributed by atoms with Gasteiger partial charge in [-0.25, -0.2) is 0 Å². The first kappa shape index (κ1) is 12.5. The zero-order valence-corrected chi connectivity index (χ0v) is 9.95. The van der Waals surface area contributed by atoms with E-state index in [1.165, 1.54) is 0 Å². The van der Waals surface area contributed by atoms with Crippen LogP contribution in [-0.2, 0) is 0 Å². The summed E-state index contributed by atoms with van der Waals surface area (Å²) in [4.78, 5) is 11.9. The van der Waals surface area contributed by atoms with Crippen LogP contribution in [0.15, 0.2) is 36.4 Å². The quantitative estimate of drug-likeness (QED) is 0.538. The van der Waals surface area contributed by atoms with Crippen LogP contribution in [-0.4, -0.2) is 12.4 Å². The molecule has 0 aliphatic carbocycles. The van der Waals surface area contributed by atoms with E-state index in [1.54, 1.807) is 0 Å². The number of carbonyl (C=O) groups excluding carboxylic acids is 1. The average Bonchev–Trinajstić information content (AvgIpc) is 2.27. The van der Waals surface area contributed by atoms with Crippen LogP contribution in [0, 0.1) is 0 Å². The van der Waals surface area contributed by atoms with Crippen LogP contribution in [0.25, 0.3) is 0 Å². The zero-order valence-electron chi connectivity index (χ0n) is 9.95. The molecule has 0 aliphatic rings. The van der Waals surface area contributed by atoms with Gasteiger partial charge in [0.25, 0.3) is 0 Å². The number of hydrogen-bond acceptors (Lipinski definition) is 2. The lowest BCUT2D eigenvalue weighted by Gasteiger charge is -2.08. The van der Waals surface area contributed by atoms with Crippen LogP contribution in [0.1, 0.15) is 37.0 Å². The molecule has 1 aromatic rings. The van der Waals surface area contributed by atoms with Crippen molar-refractivity contribution in [2.24, 2.45) is 0 Å². The predicted octanol–water partition coefficient (Wildman–Crippen LogP) is 3.62. The summed E-state index contributed by atoms with van der Waals surface area (Å²) in [5.74, 6) is 0.795. The van der Waals surface area contributed by atoms with Crippen molar-refractivity contribution < 1.29 is 9.53 Å². The lowest BCUT2D eigenvalue weighted by Crippen LogP contribution is -2.03. The van der Waals surface area contributed by atoms with E-state index in [0.717, 1.165) is 12.0 Å². The summed E-state index contributed by atoms with van der Waals surface area (Å²) in [6, 6.07) is 7.38. The monoisotopic (exact) mass is 218 g/mol. The van der Waals surface area contributed by atoms with Crippen molar-refractivity contribution in [3.8, 4) is 5.75 Å². The number of Topliss-reactive ketones (excluding diaryl/α,β-unsaturated/α-hetero) is 1. The molecule has 0 N–H and O–H groups in total. The fourth-order valence-corrected chi connectivity index (χ4v) is 1.44. The summed E-state index contributed by atoms with van der Waals surface area (Å²) in [6.07, 6.45) is 1.23. The van der Waals surface area contributed by atoms with Gasteiger partial charge in [-0.15, -0.1) is 6.58 Å². The number of hydrogen-bond donors (Lipinski definition) is 0. The average molecular weight is 218 g/mol. The van der Waals surface area contributed by atoms with E-state index in [0.29, 0.717) is 24.3 Å². The Bertz CT molecular complexity index is 380. The maximum absolute atomic E-state index is 11.9. The molecule has 0 heterocycles. The SMILES string of the molecule is C=C(C)CCC(=O)c1ccccc1OCC. The van der Waals surface area contributed by atoms with Gasteiger partial charge in [-0.3, -0.25) is 4.79 Å². The van der Waals surface area contributed by atoms with Gasteiger partial charge in [0.05, 0.1) is 12.2 Å². The molecule has 16 heavy (non-hydrogen) atoms. The fourth-order valence-electron chi connectivity index (χ4n) is 1.44. The van der Waals surface area contributed by atoms with Crippen LogP contribution in [0.5, 0.6) is 5.75 Å². The largest absolute Gasteiger partial charge is 0.493 e. The number of ketones is 1. The van der Waals surface area contributed by atoms with Crippen molar-refractivity contribution in [2.45, 2.75) is 26.7 Å². The smallest absolute Gasteiger partial charge is 0.166 e. The minimum absolute atomic E-state index is 0.118. The second-order valence-electron chi connectivity index (χ2n) is 3.81. The molecule has 0 radical (unpaired) electrons. The maximum Gasteiger partial charge on any atom is 0.166 e. The molecule has 1 rings (SSSR count). The van der Waals surface area contributed by atoms with Crippen molar-refractivity contribution in [1.29, 1.82) is 0 Å². The minimum Gasteiger partial charge on any atom is -0.493 e. The Kier molecular flexibility index (Phi) is 4.77. The molecular weight excluding hydrogens is 200 g/mol. The molecule has 0 amide bonds. The van der Waals surface area contributed by atoms with E-state index < -0.39 is 0 Å². The highest BCUT2D eigenvalue weighted by atomic mass is 16.5. The van der Waals surface area contributed by atoms with E-state index in [9.17, 15) is 4.79 Å². The van der Waals surface area contributed by atoms with Gasteiger partial charge in [0.15, 0.2) is 5.78 Å². The van der Waals surface area contributed by atoms with E-state index in [2.05, 4.69) is 6.58 Å². The van der Waals surface area contributed by atoms with Gasteiger partial charge >= 0.3 is 0 Å². The number of benzene rings is 1. The summed E-state index contributed by atoms with van der Waals surface area (Å²) >= 11 is 0. The number of carbonyl (C=O) groups is 1. The molecule has 0 saturated heterocycles. The normalized spacial score (nSPS) is 9.88. The Morgan fingerprint density at radius 1 is 1.31 bits per heavy atom. The van der Waals surface area contributed by atoms with Gasteiger partial charge in [0, 0.05) is 6.42 Å². The molecule has 86 valence electrons. The second kappa shape index (κ2) is 6.11. The number of allylic oxidation sites excluding steroid dienone is 1. The lowest BCUT2D eigenvalue weighted by molar-refractivity contribution is 0.0979. The van der Waals surface area contributed by atoms with Crippen molar-refractivity contribution in [1.82, 2.24) is 0 Å². The third kappa shape index (κ3) is 3.54. The van der Waals surface area contributed by atoms with Crippen molar-refractivity contribution in [2.75, 3.05) is 6.61 Å². The standard InChI is InChI=1S/C14H18O2/c1-4-16-14-8-6-5-7-12(14)13(15)10-9-11(2)3/h5-8H,2,4,9-10H2,1,3H3. The summed E-state index contributed by atoms with van der Waals surface area (Å²) in [5, 5.41) is 0. The number of ether oxygens (including phenoxy) is 1. The fraction of sp³-hybridized carbons (Fsp3) is 0.357. The molecule has 1 aromatic carbocycles. The summed E-state index contributed by atoms with van der Waals surface area (Å²) in [6.45, 7) is 8.21. The van der Waals surface area contributed by atoms with Crippen LogP contribution in [0.4, 0.5) is 0 Å². The van der Waals surface area contributed by atoms with Gasteiger partial charge in [-0.1, -0.05) is 17.7 Å². The topological polar surface area (TPSA) is 26.3 Å². The van der Waals surface area contributed by atoms with Crippen LogP contribution >= 0.6 is 0 Å². The van der Waals surface area contributed by atoms with Crippen LogP contribution in [0.3, 0.4) is 0 Å². The molecule has 0 unspecified atom stereocenters. The molecule has 0 spiro atoms. The first-order chi connectivity index (χ1) is 7.65. The minimum atomic E-state index is 0.118. The number of para-hydroxylation sites is 1. The molecule has 2 heteroatoms. The van der Waals surface area contributed by atoms with Gasteiger partial charge in [-0.05, 0) is 32.4 Å². The Balaban J connectivity index is 2.77. The molecule has 2 nitrogen and oxygen atoms in total. The van der Waals surface area contributed by atoms with Gasteiger partial charge in [-0.2, -0.15) is 0 Å². The Morgan fingerprint density at radius 2 is 2.00 bits per heavy atom. The second-order valence-corrected chi connectivity index (χ2v) is 3.81. The zero-order chi connectivity index (χ0) is 12.0. The van der Waals surface area contributed by atoms with Crippen molar-refractivity contribution in [3.05, 3.63) is 42.0 Å². The predicted molar refractivity (Wildman–Crippen MR) is 66.0 cm³/mol. The van der Waals surface area contributed by atoms with Gasteiger partial charge in [0.1, 0.15) is 5.75 Å². The lowest BCUT2D eigenvalue weighted by atomic mass is 10.0. The van der Waals surface area contributed by atoms with E-state index in [1.807, 2.05) is 38.1 Å². The molecule has 0 saturated carbocycles.